The lowest BCUT2D eigenvalue weighted by Crippen LogP contribution is -2.16. The standard InChI is InChI=1S/C23H22N6O2/c1-28-21(25-22(30)14-17-8-4-2-5-9-17)15-19(26-28)23(31)24-20-12-13-29(27-20)16-18-10-6-3-7-11-18/h2-13,15H,14,16H2,1H3,(H,25,30)(H,24,27,31). The van der Waals surface area contributed by atoms with Crippen molar-refractivity contribution in [2.45, 2.75) is 13.0 Å². The molecule has 8 heteroatoms. The van der Waals surface area contributed by atoms with Gasteiger partial charge in [-0.05, 0) is 11.1 Å². The van der Waals surface area contributed by atoms with Crippen LogP contribution in [0.25, 0.3) is 0 Å². The van der Waals surface area contributed by atoms with E-state index in [2.05, 4.69) is 20.8 Å². The molecular formula is C23H22N6O2. The van der Waals surface area contributed by atoms with E-state index in [1.165, 1.54) is 4.68 Å². The van der Waals surface area contributed by atoms with Gasteiger partial charge in [0.2, 0.25) is 5.91 Å². The van der Waals surface area contributed by atoms with Crippen LogP contribution in [0.15, 0.2) is 79.0 Å². The van der Waals surface area contributed by atoms with E-state index in [1.54, 1.807) is 30.1 Å². The highest BCUT2D eigenvalue weighted by Crippen LogP contribution is 2.13. The van der Waals surface area contributed by atoms with Gasteiger partial charge in [-0.2, -0.15) is 10.2 Å². The van der Waals surface area contributed by atoms with E-state index in [-0.39, 0.29) is 18.0 Å². The van der Waals surface area contributed by atoms with Crippen molar-refractivity contribution in [3.8, 4) is 0 Å². The van der Waals surface area contributed by atoms with Crippen LogP contribution in [-0.2, 0) is 24.8 Å². The van der Waals surface area contributed by atoms with E-state index < -0.39 is 5.91 Å². The van der Waals surface area contributed by atoms with Crippen molar-refractivity contribution < 1.29 is 9.59 Å². The molecule has 0 aliphatic heterocycles. The van der Waals surface area contributed by atoms with Gasteiger partial charge in [-0.15, -0.1) is 0 Å². The van der Waals surface area contributed by atoms with E-state index >= 15 is 0 Å². The van der Waals surface area contributed by atoms with Crippen molar-refractivity contribution in [3.05, 3.63) is 95.8 Å². The first-order valence-corrected chi connectivity index (χ1v) is 9.83. The second kappa shape index (κ2) is 9.08. The molecule has 0 aliphatic rings. The predicted molar refractivity (Wildman–Crippen MR) is 118 cm³/mol. The Kier molecular flexibility index (Phi) is 5.89. The fourth-order valence-corrected chi connectivity index (χ4v) is 3.13. The summed E-state index contributed by atoms with van der Waals surface area (Å²) in [5.41, 5.74) is 2.21. The zero-order chi connectivity index (χ0) is 21.6. The molecule has 0 saturated carbocycles. The third-order valence-electron chi connectivity index (χ3n) is 4.66. The molecule has 2 amide bonds. The van der Waals surface area contributed by atoms with Crippen molar-refractivity contribution >= 4 is 23.5 Å². The summed E-state index contributed by atoms with van der Waals surface area (Å²) in [6, 6.07) is 22.7. The average molecular weight is 414 g/mol. The number of amides is 2. The number of carbonyl (C=O) groups is 2. The summed E-state index contributed by atoms with van der Waals surface area (Å²) in [7, 11) is 1.67. The number of rotatable bonds is 7. The summed E-state index contributed by atoms with van der Waals surface area (Å²) in [6.07, 6.45) is 2.04. The summed E-state index contributed by atoms with van der Waals surface area (Å²) in [4.78, 5) is 24.9. The number of benzene rings is 2. The molecule has 0 bridgehead atoms. The van der Waals surface area contributed by atoms with Crippen LogP contribution in [0.4, 0.5) is 11.6 Å². The summed E-state index contributed by atoms with van der Waals surface area (Å²) >= 11 is 0. The first-order chi connectivity index (χ1) is 15.1. The van der Waals surface area contributed by atoms with Gasteiger partial charge in [-0.25, -0.2) is 0 Å². The van der Waals surface area contributed by atoms with E-state index in [0.717, 1.165) is 11.1 Å². The van der Waals surface area contributed by atoms with Crippen LogP contribution >= 0.6 is 0 Å². The molecule has 0 aliphatic carbocycles. The second-order valence-corrected chi connectivity index (χ2v) is 7.09. The van der Waals surface area contributed by atoms with Gasteiger partial charge in [0.1, 0.15) is 5.82 Å². The van der Waals surface area contributed by atoms with E-state index in [0.29, 0.717) is 18.2 Å². The molecule has 2 aromatic carbocycles. The zero-order valence-corrected chi connectivity index (χ0v) is 17.0. The third-order valence-corrected chi connectivity index (χ3v) is 4.66. The Balaban J connectivity index is 1.37. The Morgan fingerprint density at radius 1 is 0.871 bits per heavy atom. The van der Waals surface area contributed by atoms with Crippen molar-refractivity contribution in [1.29, 1.82) is 0 Å². The molecule has 4 rings (SSSR count). The van der Waals surface area contributed by atoms with Gasteiger partial charge in [0.15, 0.2) is 11.5 Å². The maximum atomic E-state index is 12.6. The van der Waals surface area contributed by atoms with Gasteiger partial charge in [0.05, 0.1) is 13.0 Å². The number of nitrogens with one attached hydrogen (secondary N) is 2. The number of nitrogens with zero attached hydrogens (tertiary/aromatic N) is 4. The van der Waals surface area contributed by atoms with Crippen LogP contribution in [0.2, 0.25) is 0 Å². The molecule has 0 saturated heterocycles. The first kappa shape index (κ1) is 20.1. The summed E-state index contributed by atoms with van der Waals surface area (Å²) in [5, 5.41) is 14.1. The molecule has 2 heterocycles. The largest absolute Gasteiger partial charge is 0.311 e. The quantitative estimate of drug-likeness (QED) is 0.486. The topological polar surface area (TPSA) is 93.8 Å². The van der Waals surface area contributed by atoms with Crippen molar-refractivity contribution in [2.75, 3.05) is 10.6 Å². The Morgan fingerprint density at radius 2 is 1.55 bits per heavy atom. The summed E-state index contributed by atoms with van der Waals surface area (Å²) < 4.78 is 3.21. The van der Waals surface area contributed by atoms with Crippen molar-refractivity contribution in [3.63, 3.8) is 0 Å². The maximum Gasteiger partial charge on any atom is 0.277 e. The molecule has 156 valence electrons. The fraction of sp³-hybridized carbons (Fsp3) is 0.130. The van der Waals surface area contributed by atoms with E-state index in [1.807, 2.05) is 60.7 Å². The highest BCUT2D eigenvalue weighted by molar-refractivity contribution is 6.03. The lowest BCUT2D eigenvalue weighted by molar-refractivity contribution is -0.115. The predicted octanol–water partition coefficient (Wildman–Crippen LogP) is 3.10. The number of aryl methyl sites for hydroxylation is 1. The molecule has 0 fully saturated rings. The molecule has 2 N–H and O–H groups in total. The van der Waals surface area contributed by atoms with E-state index in [4.69, 9.17) is 0 Å². The maximum absolute atomic E-state index is 12.6. The lowest BCUT2D eigenvalue weighted by atomic mass is 10.1. The van der Waals surface area contributed by atoms with Crippen LogP contribution in [0, 0.1) is 0 Å². The second-order valence-electron chi connectivity index (χ2n) is 7.09. The molecule has 2 aromatic heterocycles. The highest BCUT2D eigenvalue weighted by Gasteiger charge is 2.16. The van der Waals surface area contributed by atoms with Crippen LogP contribution in [-0.4, -0.2) is 31.4 Å². The Bertz CT molecular complexity index is 1180. The smallest absolute Gasteiger partial charge is 0.277 e. The van der Waals surface area contributed by atoms with Gasteiger partial charge < -0.3 is 10.6 Å². The molecule has 4 aromatic rings. The molecule has 0 radical (unpaired) electrons. The molecule has 0 atom stereocenters. The van der Waals surface area contributed by atoms with Crippen LogP contribution in [0.5, 0.6) is 0 Å². The molecule has 8 nitrogen and oxygen atoms in total. The molecular weight excluding hydrogens is 392 g/mol. The Hall–Kier alpha value is -4.20. The minimum Gasteiger partial charge on any atom is -0.311 e. The van der Waals surface area contributed by atoms with Crippen LogP contribution < -0.4 is 10.6 Å². The normalized spacial score (nSPS) is 10.6. The average Bonchev–Trinajstić information content (AvgIpc) is 3.36. The number of carbonyl (C=O) groups excluding carboxylic acids is 2. The van der Waals surface area contributed by atoms with Gasteiger partial charge >= 0.3 is 0 Å². The highest BCUT2D eigenvalue weighted by atomic mass is 16.2. The number of aromatic nitrogens is 4. The first-order valence-electron chi connectivity index (χ1n) is 9.83. The van der Waals surface area contributed by atoms with Crippen LogP contribution in [0.1, 0.15) is 21.6 Å². The zero-order valence-electron chi connectivity index (χ0n) is 17.0. The van der Waals surface area contributed by atoms with Gasteiger partial charge in [0, 0.05) is 25.4 Å². The summed E-state index contributed by atoms with van der Waals surface area (Å²) in [6.45, 7) is 0.609. The fourth-order valence-electron chi connectivity index (χ4n) is 3.13. The van der Waals surface area contributed by atoms with Gasteiger partial charge in [-0.1, -0.05) is 60.7 Å². The molecule has 31 heavy (non-hydrogen) atoms. The minimum absolute atomic E-state index is 0.180. The number of hydrogen-bond acceptors (Lipinski definition) is 4. The van der Waals surface area contributed by atoms with Gasteiger partial charge in [0.25, 0.3) is 5.91 Å². The molecule has 0 spiro atoms. The number of hydrogen-bond donors (Lipinski definition) is 2. The third kappa shape index (κ3) is 5.24. The van der Waals surface area contributed by atoms with Crippen molar-refractivity contribution in [1.82, 2.24) is 19.6 Å². The Morgan fingerprint density at radius 3 is 2.26 bits per heavy atom. The number of anilines is 2. The monoisotopic (exact) mass is 414 g/mol. The Labute approximate surface area is 179 Å². The molecule has 0 unspecified atom stereocenters. The lowest BCUT2D eigenvalue weighted by Gasteiger charge is -2.04. The van der Waals surface area contributed by atoms with E-state index in [9.17, 15) is 9.59 Å². The summed E-state index contributed by atoms with van der Waals surface area (Å²) in [5.74, 6) is 0.298. The minimum atomic E-state index is -0.399. The SMILES string of the molecule is Cn1nc(C(=O)Nc2ccn(Cc3ccccc3)n2)cc1NC(=O)Cc1ccccc1. The van der Waals surface area contributed by atoms with Crippen LogP contribution in [0.3, 0.4) is 0 Å². The van der Waals surface area contributed by atoms with Crippen molar-refractivity contribution in [2.24, 2.45) is 7.05 Å². The van der Waals surface area contributed by atoms with Gasteiger partial charge in [-0.3, -0.25) is 19.0 Å².